The molecule has 0 unspecified atom stereocenters. The smallest absolute Gasteiger partial charge is 0.254 e. The van der Waals surface area contributed by atoms with Crippen LogP contribution in [0.3, 0.4) is 0 Å². The highest BCUT2D eigenvalue weighted by atomic mass is 32.2. The first kappa shape index (κ1) is 19.1. The minimum Gasteiger partial charge on any atom is -0.497 e. The molecule has 3 heterocycles. The van der Waals surface area contributed by atoms with Crippen molar-refractivity contribution in [2.24, 2.45) is 0 Å². The Kier molecular flexibility index (Phi) is 4.99. The minimum absolute atomic E-state index is 0.0138. The van der Waals surface area contributed by atoms with Crippen LogP contribution in [0.25, 0.3) is 0 Å². The van der Waals surface area contributed by atoms with Crippen molar-refractivity contribution in [3.8, 4) is 5.75 Å². The van der Waals surface area contributed by atoms with Crippen LogP contribution in [0.15, 0.2) is 24.3 Å². The molecule has 1 aromatic rings. The molecule has 0 aromatic heterocycles. The van der Waals surface area contributed by atoms with Crippen molar-refractivity contribution in [1.29, 1.82) is 0 Å². The van der Waals surface area contributed by atoms with E-state index in [0.29, 0.717) is 49.7 Å². The van der Waals surface area contributed by atoms with E-state index in [1.165, 1.54) is 0 Å². The van der Waals surface area contributed by atoms with E-state index in [4.69, 9.17) is 4.74 Å². The molecule has 150 valence electrons. The van der Waals surface area contributed by atoms with Crippen LogP contribution in [0, 0.1) is 0 Å². The molecule has 8 heteroatoms. The zero-order chi connectivity index (χ0) is 19.9. The molecule has 4 rings (SSSR count). The Morgan fingerprint density at radius 1 is 1.18 bits per heavy atom. The molecule has 3 aliphatic heterocycles. The van der Waals surface area contributed by atoms with E-state index in [2.05, 4.69) is 6.92 Å². The van der Waals surface area contributed by atoms with Crippen molar-refractivity contribution in [2.45, 2.75) is 30.7 Å². The molecule has 0 N–H and O–H groups in total. The number of hydrogen-bond acceptors (Lipinski definition) is 5. The van der Waals surface area contributed by atoms with Gasteiger partial charge in [-0.25, -0.2) is 0 Å². The second kappa shape index (κ2) is 7.31. The van der Waals surface area contributed by atoms with Crippen molar-refractivity contribution in [3.05, 3.63) is 29.8 Å². The predicted molar refractivity (Wildman–Crippen MR) is 106 cm³/mol. The summed E-state index contributed by atoms with van der Waals surface area (Å²) in [6.45, 7) is 4.03. The fraction of sp³-hybridized carbons (Fsp3) is 0.550. The Morgan fingerprint density at radius 2 is 1.89 bits per heavy atom. The number of carbonyl (C=O) groups excluding carboxylic acids is 3. The first-order chi connectivity index (χ1) is 13.4. The van der Waals surface area contributed by atoms with E-state index in [1.807, 2.05) is 0 Å². The number of piperazine rings is 1. The average molecular weight is 404 g/mol. The largest absolute Gasteiger partial charge is 0.497 e. The van der Waals surface area contributed by atoms with E-state index in [9.17, 15) is 14.4 Å². The maximum Gasteiger partial charge on any atom is 0.254 e. The molecule has 3 amide bonds. The van der Waals surface area contributed by atoms with Gasteiger partial charge in [0, 0.05) is 43.9 Å². The number of hydrogen-bond donors (Lipinski definition) is 0. The summed E-state index contributed by atoms with van der Waals surface area (Å²) in [6, 6.07) is 6.74. The van der Waals surface area contributed by atoms with Crippen molar-refractivity contribution < 1.29 is 19.1 Å². The highest BCUT2D eigenvalue weighted by molar-refractivity contribution is 8.01. The summed E-state index contributed by atoms with van der Waals surface area (Å²) in [6.07, 6.45) is 1.33. The fourth-order valence-electron chi connectivity index (χ4n) is 4.28. The van der Waals surface area contributed by atoms with Gasteiger partial charge in [0.05, 0.1) is 12.0 Å². The van der Waals surface area contributed by atoms with Gasteiger partial charge in [0.1, 0.15) is 11.8 Å². The van der Waals surface area contributed by atoms with Crippen LogP contribution >= 0.6 is 11.8 Å². The number of amides is 3. The Balaban J connectivity index is 1.38. The average Bonchev–Trinajstić information content (AvgIpc) is 3.22. The minimum atomic E-state index is -0.370. The molecule has 3 fully saturated rings. The number of rotatable bonds is 3. The number of ether oxygens (including phenoxy) is 1. The van der Waals surface area contributed by atoms with E-state index >= 15 is 0 Å². The van der Waals surface area contributed by atoms with Crippen LogP contribution in [0.1, 0.15) is 30.1 Å². The van der Waals surface area contributed by atoms with Gasteiger partial charge in [0.25, 0.3) is 5.91 Å². The van der Waals surface area contributed by atoms with Crippen LogP contribution in [-0.2, 0) is 9.59 Å². The lowest BCUT2D eigenvalue weighted by Crippen LogP contribution is -2.56. The lowest BCUT2D eigenvalue weighted by atomic mass is 10.1. The Morgan fingerprint density at radius 3 is 2.61 bits per heavy atom. The maximum absolute atomic E-state index is 13.1. The molecular weight excluding hydrogens is 378 g/mol. The number of thioether (sulfide) groups is 1. The molecule has 0 saturated carbocycles. The number of fused-ring (bicyclic) bond motifs is 1. The molecule has 1 aromatic carbocycles. The quantitative estimate of drug-likeness (QED) is 0.764. The Hall–Kier alpha value is -2.22. The second-order valence-electron chi connectivity index (χ2n) is 7.62. The molecule has 0 aliphatic carbocycles. The monoisotopic (exact) mass is 403 g/mol. The highest BCUT2D eigenvalue weighted by Gasteiger charge is 2.53. The van der Waals surface area contributed by atoms with Crippen molar-refractivity contribution in [1.82, 2.24) is 14.7 Å². The number of carbonyl (C=O) groups is 3. The summed E-state index contributed by atoms with van der Waals surface area (Å²) in [7, 11) is 1.57. The first-order valence-electron chi connectivity index (χ1n) is 9.61. The van der Waals surface area contributed by atoms with Gasteiger partial charge in [-0.15, -0.1) is 11.8 Å². The summed E-state index contributed by atoms with van der Waals surface area (Å²) < 4.78 is 5.19. The molecule has 7 nitrogen and oxygen atoms in total. The van der Waals surface area contributed by atoms with Gasteiger partial charge in [0.2, 0.25) is 11.8 Å². The van der Waals surface area contributed by atoms with E-state index in [-0.39, 0.29) is 28.6 Å². The molecule has 0 bridgehead atoms. The highest BCUT2D eigenvalue weighted by Crippen LogP contribution is 2.47. The molecule has 0 radical (unpaired) electrons. The number of methoxy groups -OCH3 is 1. The Bertz CT molecular complexity index is 808. The van der Waals surface area contributed by atoms with Gasteiger partial charge in [-0.05, 0) is 31.5 Å². The van der Waals surface area contributed by atoms with Gasteiger partial charge in [-0.1, -0.05) is 6.07 Å². The molecule has 0 spiro atoms. The maximum atomic E-state index is 13.1. The van der Waals surface area contributed by atoms with Crippen LogP contribution in [0.4, 0.5) is 0 Å². The standard InChI is InChI=1S/C20H25N3O4S/c1-20-7-6-17(24)23(20)16(13-28-20)19(26)22-10-8-21(9-11-22)18(25)14-4-3-5-15(12-14)27-2/h3-5,12,16H,6-11,13H2,1-2H3/t16-,20-/m0/s1. The summed E-state index contributed by atoms with van der Waals surface area (Å²) in [5.41, 5.74) is 0.588. The molecule has 28 heavy (non-hydrogen) atoms. The normalized spacial score (nSPS) is 27.1. The summed E-state index contributed by atoms with van der Waals surface area (Å²) in [5, 5.41) is 0. The summed E-state index contributed by atoms with van der Waals surface area (Å²) in [4.78, 5) is 43.2. The van der Waals surface area contributed by atoms with E-state index in [0.717, 1.165) is 6.42 Å². The van der Waals surface area contributed by atoms with Crippen LogP contribution in [0.5, 0.6) is 5.75 Å². The third kappa shape index (κ3) is 3.23. The lowest BCUT2D eigenvalue weighted by Gasteiger charge is -2.38. The van der Waals surface area contributed by atoms with Crippen LogP contribution in [0.2, 0.25) is 0 Å². The summed E-state index contributed by atoms with van der Waals surface area (Å²) >= 11 is 1.71. The van der Waals surface area contributed by atoms with Gasteiger partial charge in [0.15, 0.2) is 0 Å². The van der Waals surface area contributed by atoms with Gasteiger partial charge < -0.3 is 19.4 Å². The topological polar surface area (TPSA) is 70.2 Å². The number of nitrogens with zero attached hydrogens (tertiary/aromatic N) is 3. The third-order valence-corrected chi connectivity index (χ3v) is 7.43. The van der Waals surface area contributed by atoms with Crippen molar-refractivity contribution >= 4 is 29.5 Å². The lowest BCUT2D eigenvalue weighted by molar-refractivity contribution is -0.144. The molecule has 3 aliphatic rings. The van der Waals surface area contributed by atoms with E-state index < -0.39 is 0 Å². The van der Waals surface area contributed by atoms with Gasteiger partial charge in [-0.3, -0.25) is 14.4 Å². The first-order valence-corrected chi connectivity index (χ1v) is 10.6. The van der Waals surface area contributed by atoms with Crippen molar-refractivity contribution in [3.63, 3.8) is 0 Å². The zero-order valence-corrected chi connectivity index (χ0v) is 17.0. The Labute approximate surface area is 169 Å². The fourth-order valence-corrected chi connectivity index (χ4v) is 5.71. The molecule has 2 atom stereocenters. The summed E-state index contributed by atoms with van der Waals surface area (Å²) in [5.74, 6) is 1.35. The molecular formula is C20H25N3O4S. The number of benzene rings is 1. The van der Waals surface area contributed by atoms with E-state index in [1.54, 1.807) is 57.8 Å². The van der Waals surface area contributed by atoms with Gasteiger partial charge >= 0.3 is 0 Å². The van der Waals surface area contributed by atoms with Crippen LogP contribution < -0.4 is 4.74 Å². The third-order valence-electron chi connectivity index (χ3n) is 5.93. The SMILES string of the molecule is COc1cccc(C(=O)N2CCN(C(=O)[C@@H]3CS[C@@]4(C)CCC(=O)N34)CC2)c1. The second-order valence-corrected chi connectivity index (χ2v) is 9.12. The van der Waals surface area contributed by atoms with Crippen LogP contribution in [-0.4, -0.2) is 82.4 Å². The zero-order valence-electron chi connectivity index (χ0n) is 16.2. The van der Waals surface area contributed by atoms with Gasteiger partial charge in [-0.2, -0.15) is 0 Å². The molecule has 3 saturated heterocycles. The predicted octanol–water partition coefficient (Wildman–Crippen LogP) is 1.43. The van der Waals surface area contributed by atoms with Crippen molar-refractivity contribution in [2.75, 3.05) is 39.0 Å².